The fourth-order valence-electron chi connectivity index (χ4n) is 5.39. The summed E-state index contributed by atoms with van der Waals surface area (Å²) in [5.41, 5.74) is 21.7. The number of nitrogens with two attached hydrogens (primary N) is 4. The topological polar surface area (TPSA) is 425 Å². The molecule has 7 atom stereocenters. The van der Waals surface area contributed by atoms with E-state index in [2.05, 4.69) is 44.5 Å². The Morgan fingerprint density at radius 1 is 0.574 bits per heavy atom. The van der Waals surface area contributed by atoms with Crippen LogP contribution in [0, 0.1) is 5.92 Å². The number of aliphatic carboxylic acids is 2. The lowest BCUT2D eigenvalue weighted by Crippen LogP contribution is -2.60. The number of phenolic OH excluding ortho intramolecular Hbond substituents is 1. The second kappa shape index (κ2) is 25.9. The van der Waals surface area contributed by atoms with Gasteiger partial charge in [-0.25, -0.2) is 4.79 Å². The van der Waals surface area contributed by atoms with Crippen molar-refractivity contribution < 1.29 is 68.1 Å². The van der Waals surface area contributed by atoms with Crippen molar-refractivity contribution in [2.24, 2.45) is 28.9 Å². The van der Waals surface area contributed by atoms with E-state index in [1.54, 1.807) is 13.8 Å². The maximum atomic E-state index is 13.8. The van der Waals surface area contributed by atoms with Crippen LogP contribution in [0.5, 0.6) is 5.75 Å². The van der Waals surface area contributed by atoms with Gasteiger partial charge in [0.1, 0.15) is 42.0 Å². The fourth-order valence-corrected chi connectivity index (χ4v) is 5.65. The molecule has 25 heteroatoms. The molecular formula is C36H54N10O14S. The average Bonchev–Trinajstić information content (AvgIpc) is 3.16. The molecule has 0 saturated carbocycles. The van der Waals surface area contributed by atoms with Gasteiger partial charge in [0.05, 0.1) is 18.9 Å². The molecule has 0 aliphatic rings. The summed E-state index contributed by atoms with van der Waals surface area (Å²) in [6.07, 6.45) is -3.62. The number of amides is 9. The Morgan fingerprint density at radius 2 is 1.02 bits per heavy atom. The second-order valence-electron chi connectivity index (χ2n) is 14.3. The van der Waals surface area contributed by atoms with E-state index in [9.17, 15) is 68.1 Å². The molecule has 1 rings (SSSR count). The predicted molar refractivity (Wildman–Crippen MR) is 215 cm³/mol. The van der Waals surface area contributed by atoms with Gasteiger partial charge < -0.3 is 70.2 Å². The van der Waals surface area contributed by atoms with Crippen molar-refractivity contribution in [3.8, 4) is 5.75 Å². The quantitative estimate of drug-likeness (QED) is 0.0351. The number of nitrogens with one attached hydrogen (secondary N) is 6. The molecule has 17 N–H and O–H groups in total. The number of carboxylic acids is 2. The van der Waals surface area contributed by atoms with Crippen LogP contribution in [0.15, 0.2) is 24.3 Å². The van der Waals surface area contributed by atoms with E-state index in [-0.39, 0.29) is 37.4 Å². The van der Waals surface area contributed by atoms with Crippen molar-refractivity contribution in [2.75, 3.05) is 5.75 Å². The zero-order valence-electron chi connectivity index (χ0n) is 33.4. The van der Waals surface area contributed by atoms with Gasteiger partial charge in [0, 0.05) is 25.0 Å². The molecule has 0 radical (unpaired) electrons. The van der Waals surface area contributed by atoms with E-state index in [0.717, 1.165) is 0 Å². The van der Waals surface area contributed by atoms with Crippen LogP contribution in [-0.2, 0) is 59.2 Å². The summed E-state index contributed by atoms with van der Waals surface area (Å²) >= 11 is 4.03. The molecule has 0 unspecified atom stereocenters. The van der Waals surface area contributed by atoms with Gasteiger partial charge in [-0.1, -0.05) is 26.0 Å². The van der Waals surface area contributed by atoms with E-state index in [1.807, 2.05) is 0 Å². The minimum absolute atomic E-state index is 0.00776. The van der Waals surface area contributed by atoms with Crippen molar-refractivity contribution >= 4 is 77.7 Å². The molecule has 1 aromatic rings. The van der Waals surface area contributed by atoms with Gasteiger partial charge in [0.15, 0.2) is 0 Å². The summed E-state index contributed by atoms with van der Waals surface area (Å²) in [5.74, 6) is -13.0. The number of thiol groups is 1. The number of carboxylic acid groups (broad SMARTS) is 2. The maximum absolute atomic E-state index is 13.8. The van der Waals surface area contributed by atoms with Gasteiger partial charge in [0.25, 0.3) is 0 Å². The van der Waals surface area contributed by atoms with Crippen molar-refractivity contribution in [2.45, 2.75) is 108 Å². The van der Waals surface area contributed by atoms with Crippen LogP contribution >= 0.6 is 12.6 Å². The lowest BCUT2D eigenvalue weighted by atomic mass is 10.0. The highest BCUT2D eigenvalue weighted by molar-refractivity contribution is 7.80. The first kappa shape index (κ1) is 52.5. The highest BCUT2D eigenvalue weighted by atomic mass is 32.1. The number of rotatable bonds is 28. The third kappa shape index (κ3) is 20.4. The Kier molecular flexibility index (Phi) is 22.3. The van der Waals surface area contributed by atoms with Crippen LogP contribution in [0.4, 0.5) is 0 Å². The third-order valence-corrected chi connectivity index (χ3v) is 8.91. The molecule has 61 heavy (non-hydrogen) atoms. The molecule has 0 aliphatic carbocycles. The number of primary amides is 3. The van der Waals surface area contributed by atoms with E-state index in [1.165, 1.54) is 24.3 Å². The maximum Gasteiger partial charge on any atom is 0.326 e. The van der Waals surface area contributed by atoms with Crippen LogP contribution in [0.2, 0.25) is 0 Å². The van der Waals surface area contributed by atoms with Gasteiger partial charge >= 0.3 is 11.9 Å². The molecule has 9 amide bonds. The zero-order chi connectivity index (χ0) is 46.6. The van der Waals surface area contributed by atoms with Crippen LogP contribution in [0.25, 0.3) is 0 Å². The standard InChI is InChI=1S/C36H54N10O14S/c1-16(2)11-21(42-30(53)19(37)7-9-26(38)48)32(55)41-20(8-10-29(51)52)31(54)44-23(13-27(39)49)34(57)43-22(12-17-3-5-18(47)6-4-17)33(56)46-25(15-61)35(58)45-24(36(59)60)14-28(40)50/h3-6,16,19-25,47,61H,7-15,37H2,1-2H3,(H2,38,48)(H2,39,49)(H2,40,50)(H,41,55)(H,42,53)(H,43,57)(H,44,54)(H,45,58)(H,46,56)(H,51,52)(H,59,60)/t19-,20-,21-,22-,23-,24-,25-/m0/s1. The summed E-state index contributed by atoms with van der Waals surface area (Å²) in [5, 5.41) is 42.2. The first-order chi connectivity index (χ1) is 28.4. The van der Waals surface area contributed by atoms with Crippen LogP contribution in [0.3, 0.4) is 0 Å². The number of benzene rings is 1. The molecule has 0 spiro atoms. The average molecular weight is 883 g/mol. The molecule has 0 heterocycles. The van der Waals surface area contributed by atoms with E-state index < -0.39 is 139 Å². The predicted octanol–water partition coefficient (Wildman–Crippen LogP) is -4.89. The number of hydrogen-bond acceptors (Lipinski definition) is 14. The largest absolute Gasteiger partial charge is 0.508 e. The van der Waals surface area contributed by atoms with Crippen LogP contribution in [0.1, 0.15) is 64.4 Å². The molecule has 0 fully saturated rings. The minimum atomic E-state index is -1.87. The van der Waals surface area contributed by atoms with Crippen molar-refractivity contribution in [3.63, 3.8) is 0 Å². The Balaban J connectivity index is 3.45. The van der Waals surface area contributed by atoms with Gasteiger partial charge in [-0.05, 0) is 42.9 Å². The Hall–Kier alpha value is -6.50. The highest BCUT2D eigenvalue weighted by Crippen LogP contribution is 2.13. The molecular weight excluding hydrogens is 829 g/mol. The van der Waals surface area contributed by atoms with E-state index >= 15 is 0 Å². The Morgan fingerprint density at radius 3 is 1.52 bits per heavy atom. The van der Waals surface area contributed by atoms with Crippen molar-refractivity contribution in [1.29, 1.82) is 0 Å². The normalized spacial score (nSPS) is 14.3. The first-order valence-corrected chi connectivity index (χ1v) is 19.3. The summed E-state index contributed by atoms with van der Waals surface area (Å²) in [7, 11) is 0. The summed E-state index contributed by atoms with van der Waals surface area (Å²) < 4.78 is 0. The molecule has 0 aliphatic heterocycles. The SMILES string of the molecule is CC(C)C[C@H](NC(=O)[C@@H](N)CCC(N)=O)C(=O)N[C@@H](CCC(=O)O)C(=O)N[C@@H](CC(N)=O)C(=O)N[C@@H](Cc1ccc(O)cc1)C(=O)N[C@@H](CS)C(=O)N[C@@H](CC(N)=O)C(=O)O. The number of carbonyl (C=O) groups is 11. The van der Waals surface area contributed by atoms with Crippen molar-refractivity contribution in [3.05, 3.63) is 29.8 Å². The lowest BCUT2D eigenvalue weighted by Gasteiger charge is -2.27. The molecule has 0 aromatic heterocycles. The fraction of sp³-hybridized carbons (Fsp3) is 0.528. The number of hydrogen-bond donors (Lipinski definition) is 14. The lowest BCUT2D eigenvalue weighted by molar-refractivity contribution is -0.143. The first-order valence-electron chi connectivity index (χ1n) is 18.7. The minimum Gasteiger partial charge on any atom is -0.508 e. The monoisotopic (exact) mass is 882 g/mol. The Labute approximate surface area is 354 Å². The summed E-state index contributed by atoms with van der Waals surface area (Å²) in [6.45, 7) is 3.43. The van der Waals surface area contributed by atoms with Gasteiger partial charge in [-0.3, -0.25) is 47.9 Å². The number of aromatic hydroxyl groups is 1. The van der Waals surface area contributed by atoms with Crippen molar-refractivity contribution in [1.82, 2.24) is 31.9 Å². The van der Waals surface area contributed by atoms with Gasteiger partial charge in [-0.2, -0.15) is 12.6 Å². The highest BCUT2D eigenvalue weighted by Gasteiger charge is 2.35. The van der Waals surface area contributed by atoms with Crippen LogP contribution in [-0.4, -0.2) is 128 Å². The number of phenols is 1. The van der Waals surface area contributed by atoms with E-state index in [0.29, 0.717) is 5.56 Å². The third-order valence-electron chi connectivity index (χ3n) is 8.54. The van der Waals surface area contributed by atoms with Gasteiger partial charge in [0.2, 0.25) is 53.2 Å². The summed E-state index contributed by atoms with van der Waals surface area (Å²) in [4.78, 5) is 138. The smallest absolute Gasteiger partial charge is 0.326 e. The zero-order valence-corrected chi connectivity index (χ0v) is 34.3. The van der Waals surface area contributed by atoms with E-state index in [4.69, 9.17) is 22.9 Å². The molecule has 0 saturated heterocycles. The van der Waals surface area contributed by atoms with Crippen LogP contribution < -0.4 is 54.8 Å². The molecule has 1 aromatic carbocycles. The summed E-state index contributed by atoms with van der Waals surface area (Å²) in [6, 6.07) is -5.79. The molecule has 24 nitrogen and oxygen atoms in total. The second-order valence-corrected chi connectivity index (χ2v) is 14.6. The molecule has 338 valence electrons. The Bertz CT molecular complexity index is 1780. The molecule has 0 bridgehead atoms. The number of carbonyl (C=O) groups excluding carboxylic acids is 9. The van der Waals surface area contributed by atoms with Gasteiger partial charge in [-0.15, -0.1) is 0 Å².